The van der Waals surface area contributed by atoms with Gasteiger partial charge < -0.3 is 10.1 Å². The van der Waals surface area contributed by atoms with Crippen molar-refractivity contribution in [3.05, 3.63) is 29.1 Å². The molecule has 1 spiro atoms. The van der Waals surface area contributed by atoms with Crippen LogP contribution in [0.25, 0.3) is 0 Å². The summed E-state index contributed by atoms with van der Waals surface area (Å²) in [5.74, 6) is 0. The summed E-state index contributed by atoms with van der Waals surface area (Å²) in [7, 11) is 0. The molecular weight excluding hydrogens is 262 g/mol. The Labute approximate surface area is 117 Å². The van der Waals surface area contributed by atoms with Gasteiger partial charge in [-0.25, -0.2) is 8.78 Å². The number of ether oxygens (including phenoxy) is 1. The van der Waals surface area contributed by atoms with Gasteiger partial charge in [0.15, 0.2) is 0 Å². The second-order valence-electron chi connectivity index (χ2n) is 5.85. The summed E-state index contributed by atoms with van der Waals surface area (Å²) < 4.78 is 31.3. The standard InChI is InChI=1S/C15H20F2N2O/c1-3-14(4-2)7-18-15(8-20-9-15)10-5-6-11(13(16)17)19-12(10)14/h5-6,13,18H,3-4,7-9H2,1-2H3. The van der Waals surface area contributed by atoms with Crippen molar-refractivity contribution in [2.75, 3.05) is 19.8 Å². The van der Waals surface area contributed by atoms with E-state index in [0.717, 1.165) is 30.6 Å². The number of fused-ring (bicyclic) bond motifs is 2. The Bertz CT molecular complexity index is 511. The van der Waals surface area contributed by atoms with Gasteiger partial charge in [0, 0.05) is 12.0 Å². The SMILES string of the molecule is CCC1(CC)CNC2(COC2)c2ccc(C(F)F)nc21. The van der Waals surface area contributed by atoms with E-state index >= 15 is 0 Å². The van der Waals surface area contributed by atoms with Crippen LogP contribution in [0.2, 0.25) is 0 Å². The van der Waals surface area contributed by atoms with Crippen LogP contribution in [0.5, 0.6) is 0 Å². The number of rotatable bonds is 3. The van der Waals surface area contributed by atoms with Gasteiger partial charge in [0.2, 0.25) is 0 Å². The number of hydrogen-bond donors (Lipinski definition) is 1. The maximum absolute atomic E-state index is 13.0. The zero-order valence-corrected chi connectivity index (χ0v) is 11.9. The zero-order valence-electron chi connectivity index (χ0n) is 11.9. The minimum absolute atomic E-state index is 0.118. The molecule has 0 atom stereocenters. The number of aromatic nitrogens is 1. The van der Waals surface area contributed by atoms with Gasteiger partial charge >= 0.3 is 0 Å². The minimum atomic E-state index is -2.52. The van der Waals surface area contributed by atoms with Crippen molar-refractivity contribution in [3.63, 3.8) is 0 Å². The molecule has 1 aromatic heterocycles. The third kappa shape index (κ3) is 1.79. The second-order valence-corrected chi connectivity index (χ2v) is 5.85. The van der Waals surface area contributed by atoms with E-state index in [1.165, 1.54) is 6.07 Å². The van der Waals surface area contributed by atoms with Gasteiger partial charge in [0.1, 0.15) is 5.69 Å². The Morgan fingerprint density at radius 3 is 2.50 bits per heavy atom. The van der Waals surface area contributed by atoms with Gasteiger partial charge in [-0.1, -0.05) is 19.9 Å². The van der Waals surface area contributed by atoms with Gasteiger partial charge in [-0.05, 0) is 24.5 Å². The van der Waals surface area contributed by atoms with Crippen LogP contribution in [0.1, 0.15) is 50.1 Å². The van der Waals surface area contributed by atoms with Gasteiger partial charge in [0.05, 0.1) is 24.4 Å². The Morgan fingerprint density at radius 2 is 2.00 bits per heavy atom. The lowest BCUT2D eigenvalue weighted by molar-refractivity contribution is -0.0875. The molecule has 0 unspecified atom stereocenters. The quantitative estimate of drug-likeness (QED) is 0.925. The fourth-order valence-electron chi connectivity index (χ4n) is 3.30. The monoisotopic (exact) mass is 282 g/mol. The third-order valence-electron chi connectivity index (χ3n) is 4.97. The molecule has 0 aliphatic carbocycles. The number of nitrogens with zero attached hydrogens (tertiary/aromatic N) is 1. The summed E-state index contributed by atoms with van der Waals surface area (Å²) in [6, 6.07) is 3.27. The molecule has 5 heteroatoms. The van der Waals surface area contributed by atoms with Gasteiger partial charge in [-0.15, -0.1) is 0 Å². The fraction of sp³-hybridized carbons (Fsp3) is 0.667. The first kappa shape index (κ1) is 13.9. The maximum Gasteiger partial charge on any atom is 0.280 e. The van der Waals surface area contributed by atoms with Crippen molar-refractivity contribution >= 4 is 0 Å². The Kier molecular flexibility index (Phi) is 3.29. The molecule has 1 N–H and O–H groups in total. The molecule has 0 bridgehead atoms. The van der Waals surface area contributed by atoms with Crippen LogP contribution in [-0.2, 0) is 15.7 Å². The van der Waals surface area contributed by atoms with Crippen molar-refractivity contribution in [2.24, 2.45) is 0 Å². The first-order valence-corrected chi connectivity index (χ1v) is 7.20. The molecule has 0 radical (unpaired) electrons. The fourth-order valence-corrected chi connectivity index (χ4v) is 3.30. The summed E-state index contributed by atoms with van der Waals surface area (Å²) in [6.07, 6.45) is -0.740. The highest BCUT2D eigenvalue weighted by Gasteiger charge is 2.50. The van der Waals surface area contributed by atoms with Crippen molar-refractivity contribution in [3.8, 4) is 0 Å². The van der Waals surface area contributed by atoms with E-state index in [9.17, 15) is 8.78 Å². The molecule has 0 saturated carbocycles. The predicted molar refractivity (Wildman–Crippen MR) is 72.0 cm³/mol. The van der Waals surface area contributed by atoms with Crippen LogP contribution in [-0.4, -0.2) is 24.7 Å². The van der Waals surface area contributed by atoms with Crippen molar-refractivity contribution < 1.29 is 13.5 Å². The second kappa shape index (κ2) is 4.74. The molecule has 0 amide bonds. The molecule has 2 aliphatic rings. The lowest BCUT2D eigenvalue weighted by Gasteiger charge is -2.51. The van der Waals surface area contributed by atoms with E-state index in [1.807, 2.05) is 6.07 Å². The highest BCUT2D eigenvalue weighted by molar-refractivity contribution is 5.41. The third-order valence-corrected chi connectivity index (χ3v) is 4.97. The summed E-state index contributed by atoms with van der Waals surface area (Å²) in [4.78, 5) is 4.34. The molecule has 20 heavy (non-hydrogen) atoms. The summed E-state index contributed by atoms with van der Waals surface area (Å²) in [5.41, 5.74) is 1.41. The first-order valence-electron chi connectivity index (χ1n) is 7.20. The number of nitrogens with one attached hydrogen (secondary N) is 1. The lowest BCUT2D eigenvalue weighted by Crippen LogP contribution is -2.64. The summed E-state index contributed by atoms with van der Waals surface area (Å²) in [5, 5.41) is 3.58. The Morgan fingerprint density at radius 1 is 1.30 bits per heavy atom. The van der Waals surface area contributed by atoms with E-state index < -0.39 is 6.43 Å². The van der Waals surface area contributed by atoms with Crippen LogP contribution in [0.15, 0.2) is 12.1 Å². The van der Waals surface area contributed by atoms with Crippen LogP contribution >= 0.6 is 0 Å². The van der Waals surface area contributed by atoms with Crippen LogP contribution in [0, 0.1) is 0 Å². The van der Waals surface area contributed by atoms with E-state index in [4.69, 9.17) is 4.74 Å². The summed E-state index contributed by atoms with van der Waals surface area (Å²) >= 11 is 0. The number of hydrogen-bond acceptors (Lipinski definition) is 3. The zero-order chi connectivity index (χ0) is 14.4. The normalized spacial score (nSPS) is 22.6. The maximum atomic E-state index is 13.0. The minimum Gasteiger partial charge on any atom is -0.377 e. The topological polar surface area (TPSA) is 34.1 Å². The molecule has 3 nitrogen and oxygen atoms in total. The van der Waals surface area contributed by atoms with Gasteiger partial charge in [-0.2, -0.15) is 0 Å². The molecule has 0 aromatic carbocycles. The Hall–Kier alpha value is -1.07. The summed E-state index contributed by atoms with van der Waals surface area (Å²) in [6.45, 7) is 6.16. The first-order chi connectivity index (χ1) is 9.57. The largest absolute Gasteiger partial charge is 0.377 e. The van der Waals surface area contributed by atoms with Crippen LogP contribution < -0.4 is 5.32 Å². The predicted octanol–water partition coefficient (Wildman–Crippen LogP) is 2.91. The van der Waals surface area contributed by atoms with Gasteiger partial charge in [0.25, 0.3) is 6.43 Å². The van der Waals surface area contributed by atoms with E-state index in [1.54, 1.807) is 0 Å². The number of alkyl halides is 2. The smallest absolute Gasteiger partial charge is 0.280 e. The van der Waals surface area contributed by atoms with Crippen LogP contribution in [0.4, 0.5) is 8.78 Å². The number of halogens is 2. The Balaban J connectivity index is 2.15. The van der Waals surface area contributed by atoms with Crippen molar-refractivity contribution in [1.29, 1.82) is 0 Å². The highest BCUT2D eigenvalue weighted by atomic mass is 19.3. The van der Waals surface area contributed by atoms with E-state index in [2.05, 4.69) is 24.1 Å². The molecule has 1 aromatic rings. The molecule has 2 aliphatic heterocycles. The van der Waals surface area contributed by atoms with Crippen molar-refractivity contribution in [2.45, 2.75) is 44.1 Å². The number of pyridine rings is 1. The van der Waals surface area contributed by atoms with E-state index in [-0.39, 0.29) is 16.6 Å². The molecular formula is C15H20F2N2O. The average Bonchev–Trinajstić information content (AvgIpc) is 2.43. The van der Waals surface area contributed by atoms with Crippen molar-refractivity contribution in [1.82, 2.24) is 10.3 Å². The average molecular weight is 282 g/mol. The molecule has 1 saturated heterocycles. The van der Waals surface area contributed by atoms with Gasteiger partial charge in [-0.3, -0.25) is 4.98 Å². The molecule has 1 fully saturated rings. The van der Waals surface area contributed by atoms with Crippen LogP contribution in [0.3, 0.4) is 0 Å². The highest BCUT2D eigenvalue weighted by Crippen LogP contribution is 2.44. The molecule has 3 heterocycles. The van der Waals surface area contributed by atoms with E-state index in [0.29, 0.717) is 13.2 Å². The lowest BCUT2D eigenvalue weighted by atomic mass is 9.69. The molecule has 110 valence electrons. The molecule has 3 rings (SSSR count).